The lowest BCUT2D eigenvalue weighted by Crippen LogP contribution is -2.35. The summed E-state index contributed by atoms with van der Waals surface area (Å²) in [5, 5.41) is 2.94. The molecule has 8 nitrogen and oxygen atoms in total. The van der Waals surface area contributed by atoms with Crippen molar-refractivity contribution < 1.29 is 19.1 Å². The van der Waals surface area contributed by atoms with Gasteiger partial charge in [-0.15, -0.1) is 12.4 Å². The van der Waals surface area contributed by atoms with Crippen LogP contribution < -0.4 is 5.32 Å². The molecule has 4 heterocycles. The number of halogens is 1. The molecular formula is C22H25ClN4O4. The van der Waals surface area contributed by atoms with Crippen molar-refractivity contribution in [3.8, 4) is 0 Å². The van der Waals surface area contributed by atoms with Gasteiger partial charge in [0.15, 0.2) is 0 Å². The largest absolute Gasteiger partial charge is 0.448 e. The van der Waals surface area contributed by atoms with Gasteiger partial charge in [-0.05, 0) is 34.9 Å². The van der Waals surface area contributed by atoms with E-state index in [4.69, 9.17) is 9.47 Å². The second-order valence-electron chi connectivity index (χ2n) is 7.75. The number of benzene rings is 1. The predicted octanol–water partition coefficient (Wildman–Crippen LogP) is 2.71. The normalized spacial score (nSPS) is 19.9. The molecule has 3 aliphatic heterocycles. The van der Waals surface area contributed by atoms with Crippen LogP contribution in [0.3, 0.4) is 0 Å². The van der Waals surface area contributed by atoms with E-state index in [1.165, 1.54) is 0 Å². The van der Waals surface area contributed by atoms with E-state index >= 15 is 0 Å². The van der Waals surface area contributed by atoms with Crippen LogP contribution in [0.5, 0.6) is 0 Å². The highest BCUT2D eigenvalue weighted by Gasteiger charge is 2.27. The molecule has 31 heavy (non-hydrogen) atoms. The molecule has 0 radical (unpaired) electrons. The Kier molecular flexibility index (Phi) is 6.31. The Morgan fingerprint density at radius 3 is 2.65 bits per heavy atom. The van der Waals surface area contributed by atoms with E-state index in [9.17, 15) is 9.59 Å². The van der Waals surface area contributed by atoms with Gasteiger partial charge in [-0.25, -0.2) is 4.79 Å². The number of aromatic amines is 1. The second kappa shape index (κ2) is 9.13. The molecule has 0 spiro atoms. The van der Waals surface area contributed by atoms with Crippen LogP contribution in [0.2, 0.25) is 0 Å². The fourth-order valence-corrected chi connectivity index (χ4v) is 4.10. The van der Waals surface area contributed by atoms with Crippen molar-refractivity contribution in [3.63, 3.8) is 0 Å². The molecular weight excluding hydrogens is 420 g/mol. The summed E-state index contributed by atoms with van der Waals surface area (Å²) in [5.74, 6) is -0.110. The van der Waals surface area contributed by atoms with Crippen LogP contribution in [-0.2, 0) is 27.4 Å². The van der Waals surface area contributed by atoms with Crippen molar-refractivity contribution in [2.75, 3.05) is 44.8 Å². The lowest BCUT2D eigenvalue weighted by Gasteiger charge is -2.26. The number of fused-ring (bicyclic) bond motifs is 1. The predicted molar refractivity (Wildman–Crippen MR) is 119 cm³/mol. The molecule has 164 valence electrons. The number of rotatable bonds is 5. The van der Waals surface area contributed by atoms with Crippen LogP contribution >= 0.6 is 12.4 Å². The number of cyclic esters (lactones) is 1. The Morgan fingerprint density at radius 1 is 1.03 bits per heavy atom. The first kappa shape index (κ1) is 21.4. The summed E-state index contributed by atoms with van der Waals surface area (Å²) in [6, 6.07) is 5.82. The van der Waals surface area contributed by atoms with E-state index in [1.807, 2.05) is 36.7 Å². The molecule has 2 saturated heterocycles. The summed E-state index contributed by atoms with van der Waals surface area (Å²) in [7, 11) is 0. The Balaban J connectivity index is 0.00000231. The Bertz CT molecular complexity index is 1010. The highest BCUT2D eigenvalue weighted by Crippen LogP contribution is 2.34. The van der Waals surface area contributed by atoms with Crippen molar-refractivity contribution in [2.45, 2.75) is 13.1 Å². The maximum absolute atomic E-state index is 12.7. The number of morpholine rings is 1. The Morgan fingerprint density at radius 2 is 1.87 bits per heavy atom. The standard InChI is InChI=1S/C22H24N4O4.ClH/c27-21-19(10-16-11-23-12-17(16)14-25-3-6-29-7-4-25)18-9-15(1-2-20(18)24-21)13-26-5-8-30-22(26)28;/h1-2,9-12,23H,3-8,13-14H2,(H,24,27);1H. The summed E-state index contributed by atoms with van der Waals surface area (Å²) in [6.45, 7) is 5.63. The van der Waals surface area contributed by atoms with Crippen molar-refractivity contribution in [2.24, 2.45) is 0 Å². The smallest absolute Gasteiger partial charge is 0.410 e. The number of carbonyl (C=O) groups excluding carboxylic acids is 2. The molecule has 5 rings (SSSR count). The zero-order valence-corrected chi connectivity index (χ0v) is 17.9. The molecule has 0 unspecified atom stereocenters. The van der Waals surface area contributed by atoms with Crippen LogP contribution in [0, 0.1) is 0 Å². The number of anilines is 1. The zero-order valence-electron chi connectivity index (χ0n) is 17.1. The average Bonchev–Trinajstić information content (AvgIpc) is 3.44. The summed E-state index contributed by atoms with van der Waals surface area (Å²) in [5.41, 5.74) is 5.43. The van der Waals surface area contributed by atoms with Crippen LogP contribution in [0.1, 0.15) is 22.3 Å². The minimum atomic E-state index is -0.291. The van der Waals surface area contributed by atoms with Crippen LogP contribution in [0.4, 0.5) is 10.5 Å². The first-order valence-corrected chi connectivity index (χ1v) is 10.2. The molecule has 2 amide bonds. The molecule has 0 atom stereocenters. The van der Waals surface area contributed by atoms with Crippen LogP contribution in [0.15, 0.2) is 30.6 Å². The highest BCUT2D eigenvalue weighted by molar-refractivity contribution is 6.35. The maximum atomic E-state index is 12.7. The fourth-order valence-electron chi connectivity index (χ4n) is 4.10. The Hall–Kier alpha value is -2.81. The monoisotopic (exact) mass is 444 g/mol. The molecule has 1 aromatic heterocycles. The lowest BCUT2D eigenvalue weighted by atomic mass is 10.0. The van der Waals surface area contributed by atoms with Crippen LogP contribution in [-0.4, -0.2) is 66.2 Å². The van der Waals surface area contributed by atoms with Crippen molar-refractivity contribution >= 4 is 41.7 Å². The minimum Gasteiger partial charge on any atom is -0.448 e. The number of aromatic nitrogens is 1. The molecule has 9 heteroatoms. The number of amides is 2. The third-order valence-corrected chi connectivity index (χ3v) is 5.75. The lowest BCUT2D eigenvalue weighted by molar-refractivity contribution is -0.110. The van der Waals surface area contributed by atoms with Gasteiger partial charge in [-0.3, -0.25) is 9.69 Å². The third kappa shape index (κ3) is 4.46. The summed E-state index contributed by atoms with van der Waals surface area (Å²) < 4.78 is 10.4. The number of H-pyrrole nitrogens is 1. The van der Waals surface area contributed by atoms with Crippen molar-refractivity contribution in [1.82, 2.24) is 14.8 Å². The SMILES string of the molecule is Cl.O=C1Nc2ccc(CN3CCOC3=O)cc2C1=Cc1c[nH]cc1CN1CCOCC1. The molecule has 0 saturated carbocycles. The molecule has 2 N–H and O–H groups in total. The van der Waals surface area contributed by atoms with Crippen molar-refractivity contribution in [1.29, 1.82) is 0 Å². The number of hydrogen-bond acceptors (Lipinski definition) is 5. The Labute approximate surface area is 186 Å². The maximum Gasteiger partial charge on any atom is 0.410 e. The van der Waals surface area contributed by atoms with Crippen molar-refractivity contribution in [3.05, 3.63) is 52.8 Å². The minimum absolute atomic E-state index is 0. The van der Waals surface area contributed by atoms with Crippen LogP contribution in [0.25, 0.3) is 11.6 Å². The summed E-state index contributed by atoms with van der Waals surface area (Å²) >= 11 is 0. The number of nitrogens with one attached hydrogen (secondary N) is 2. The zero-order chi connectivity index (χ0) is 20.5. The topological polar surface area (TPSA) is 86.9 Å². The van der Waals surface area contributed by atoms with Gasteiger partial charge in [-0.1, -0.05) is 6.07 Å². The summed E-state index contributed by atoms with van der Waals surface area (Å²) in [6.07, 6.45) is 5.57. The van der Waals surface area contributed by atoms with E-state index in [0.717, 1.165) is 60.8 Å². The van der Waals surface area contributed by atoms with Gasteiger partial charge in [-0.2, -0.15) is 0 Å². The number of ether oxygens (including phenoxy) is 2. The van der Waals surface area contributed by atoms with Gasteiger partial charge in [0, 0.05) is 55.4 Å². The first-order chi connectivity index (χ1) is 14.7. The first-order valence-electron chi connectivity index (χ1n) is 10.2. The molecule has 2 fully saturated rings. The molecule has 0 aliphatic carbocycles. The van der Waals surface area contributed by atoms with E-state index < -0.39 is 0 Å². The average molecular weight is 445 g/mol. The van der Waals surface area contributed by atoms with E-state index in [1.54, 1.807) is 4.90 Å². The number of carbonyl (C=O) groups is 2. The van der Waals surface area contributed by atoms with E-state index in [-0.39, 0.29) is 24.4 Å². The van der Waals surface area contributed by atoms with E-state index in [0.29, 0.717) is 25.3 Å². The highest BCUT2D eigenvalue weighted by atomic mass is 35.5. The fraction of sp³-hybridized carbons (Fsp3) is 0.364. The van der Waals surface area contributed by atoms with Gasteiger partial charge in [0.2, 0.25) is 0 Å². The molecule has 2 aromatic rings. The van der Waals surface area contributed by atoms with Gasteiger partial charge < -0.3 is 24.7 Å². The van der Waals surface area contributed by atoms with Gasteiger partial charge in [0.05, 0.1) is 19.8 Å². The van der Waals surface area contributed by atoms with Gasteiger partial charge in [0.25, 0.3) is 5.91 Å². The second-order valence-corrected chi connectivity index (χ2v) is 7.75. The number of hydrogen-bond donors (Lipinski definition) is 2. The number of nitrogens with zero attached hydrogens (tertiary/aromatic N) is 2. The quantitative estimate of drug-likeness (QED) is 0.692. The van der Waals surface area contributed by atoms with Gasteiger partial charge >= 0.3 is 6.09 Å². The van der Waals surface area contributed by atoms with Gasteiger partial charge in [0.1, 0.15) is 6.61 Å². The van der Waals surface area contributed by atoms with E-state index in [2.05, 4.69) is 15.2 Å². The third-order valence-electron chi connectivity index (χ3n) is 5.75. The summed E-state index contributed by atoms with van der Waals surface area (Å²) in [4.78, 5) is 31.6. The molecule has 1 aromatic carbocycles. The molecule has 3 aliphatic rings. The molecule has 0 bridgehead atoms.